The molecule has 88 valence electrons. The van der Waals surface area contributed by atoms with E-state index in [0.717, 1.165) is 26.2 Å². The lowest BCUT2D eigenvalue weighted by molar-refractivity contribution is -0.118. The van der Waals surface area contributed by atoms with Crippen LogP contribution in [0.15, 0.2) is 0 Å². The van der Waals surface area contributed by atoms with Gasteiger partial charge < -0.3 is 21.3 Å². The van der Waals surface area contributed by atoms with E-state index in [1.165, 1.54) is 6.92 Å². The van der Waals surface area contributed by atoms with E-state index in [2.05, 4.69) is 21.3 Å². The summed E-state index contributed by atoms with van der Waals surface area (Å²) in [6.07, 6.45) is 0.688. The Morgan fingerprint density at radius 2 is 1.53 bits per heavy atom. The van der Waals surface area contributed by atoms with Crippen LogP contribution in [-0.2, 0) is 9.59 Å². The maximum atomic E-state index is 10.5. The Morgan fingerprint density at radius 1 is 1.00 bits per heavy atom. The van der Waals surface area contributed by atoms with Crippen LogP contribution in [0.25, 0.3) is 0 Å². The molecule has 0 radical (unpaired) electrons. The number of hydrogen-bond acceptors (Lipinski definition) is 4. The number of carbonyl (C=O) groups is 2. The number of amides is 2. The summed E-state index contributed by atoms with van der Waals surface area (Å²) in [4.78, 5) is 20.4. The fourth-order valence-corrected chi connectivity index (χ4v) is 0.973. The topological polar surface area (TPSA) is 82.3 Å². The zero-order valence-electron chi connectivity index (χ0n) is 9.14. The Bertz CT molecular complexity index is 175. The molecule has 6 nitrogen and oxygen atoms in total. The maximum absolute atomic E-state index is 10.5. The lowest BCUT2D eigenvalue weighted by Gasteiger charge is -2.06. The van der Waals surface area contributed by atoms with E-state index in [1.807, 2.05) is 0 Å². The molecule has 0 fully saturated rings. The van der Waals surface area contributed by atoms with Crippen molar-refractivity contribution < 1.29 is 9.59 Å². The summed E-state index contributed by atoms with van der Waals surface area (Å²) >= 11 is 0. The second-order valence-corrected chi connectivity index (χ2v) is 3.05. The zero-order chi connectivity index (χ0) is 11.4. The van der Waals surface area contributed by atoms with Gasteiger partial charge in [0, 0.05) is 46.2 Å². The molecule has 15 heavy (non-hydrogen) atoms. The molecule has 0 aromatic heterocycles. The first kappa shape index (κ1) is 13.9. The molecule has 0 aliphatic heterocycles. The summed E-state index contributed by atoms with van der Waals surface area (Å²) in [6, 6.07) is 0. The van der Waals surface area contributed by atoms with Gasteiger partial charge in [-0.2, -0.15) is 0 Å². The van der Waals surface area contributed by atoms with Gasteiger partial charge in [0.1, 0.15) is 0 Å². The largest absolute Gasteiger partial charge is 0.357 e. The van der Waals surface area contributed by atoms with Crippen molar-refractivity contribution in [3.63, 3.8) is 0 Å². The molecule has 0 heterocycles. The van der Waals surface area contributed by atoms with Crippen LogP contribution in [-0.4, -0.2) is 51.6 Å². The molecule has 0 saturated heterocycles. The molecular formula is C9H20N4O2. The molecule has 4 N–H and O–H groups in total. The van der Waals surface area contributed by atoms with Crippen molar-refractivity contribution in [2.24, 2.45) is 0 Å². The number of carbonyl (C=O) groups excluding carboxylic acids is 2. The van der Waals surface area contributed by atoms with Crippen molar-refractivity contribution >= 4 is 12.3 Å². The van der Waals surface area contributed by atoms with Crippen molar-refractivity contribution in [2.45, 2.75) is 6.92 Å². The van der Waals surface area contributed by atoms with Gasteiger partial charge in [0.2, 0.25) is 12.3 Å². The molecular weight excluding hydrogens is 196 g/mol. The van der Waals surface area contributed by atoms with E-state index in [1.54, 1.807) is 0 Å². The van der Waals surface area contributed by atoms with Crippen LogP contribution >= 0.6 is 0 Å². The third-order valence-corrected chi connectivity index (χ3v) is 1.68. The zero-order valence-corrected chi connectivity index (χ0v) is 9.14. The monoisotopic (exact) mass is 216 g/mol. The molecule has 0 spiro atoms. The highest BCUT2D eigenvalue weighted by Crippen LogP contribution is 1.63. The lowest BCUT2D eigenvalue weighted by atomic mass is 10.5. The van der Waals surface area contributed by atoms with E-state index in [0.29, 0.717) is 19.5 Å². The summed E-state index contributed by atoms with van der Waals surface area (Å²) in [5.74, 6) is -0.00476. The van der Waals surface area contributed by atoms with Gasteiger partial charge in [-0.15, -0.1) is 0 Å². The molecule has 0 rings (SSSR count). The van der Waals surface area contributed by atoms with Crippen molar-refractivity contribution in [2.75, 3.05) is 39.3 Å². The molecule has 0 saturated carbocycles. The average Bonchev–Trinajstić information content (AvgIpc) is 2.20. The summed E-state index contributed by atoms with van der Waals surface area (Å²) in [6.45, 7) is 6.04. The Labute approximate surface area is 90.2 Å². The molecule has 0 aromatic rings. The fraction of sp³-hybridized carbons (Fsp3) is 0.778. The van der Waals surface area contributed by atoms with Gasteiger partial charge in [-0.1, -0.05) is 0 Å². The van der Waals surface area contributed by atoms with Gasteiger partial charge in [-0.05, 0) is 0 Å². The van der Waals surface area contributed by atoms with E-state index in [9.17, 15) is 9.59 Å². The predicted octanol–water partition coefficient (Wildman–Crippen LogP) is -1.95. The van der Waals surface area contributed by atoms with Gasteiger partial charge in [0.05, 0.1) is 0 Å². The first-order valence-electron chi connectivity index (χ1n) is 5.10. The quantitative estimate of drug-likeness (QED) is 0.253. The molecule has 0 aliphatic rings. The second kappa shape index (κ2) is 10.9. The van der Waals surface area contributed by atoms with E-state index in [-0.39, 0.29) is 5.91 Å². The van der Waals surface area contributed by atoms with Crippen LogP contribution < -0.4 is 21.3 Å². The maximum Gasteiger partial charge on any atom is 0.216 e. The Kier molecular flexibility index (Phi) is 10.1. The van der Waals surface area contributed by atoms with Crippen molar-refractivity contribution in [1.29, 1.82) is 0 Å². The van der Waals surface area contributed by atoms with Gasteiger partial charge >= 0.3 is 0 Å². The first-order chi connectivity index (χ1) is 7.27. The lowest BCUT2D eigenvalue weighted by Crippen LogP contribution is -2.35. The average molecular weight is 216 g/mol. The van der Waals surface area contributed by atoms with Crippen molar-refractivity contribution in [3.05, 3.63) is 0 Å². The Morgan fingerprint density at radius 3 is 2.07 bits per heavy atom. The van der Waals surface area contributed by atoms with Gasteiger partial charge in [-0.3, -0.25) is 9.59 Å². The second-order valence-electron chi connectivity index (χ2n) is 3.05. The molecule has 0 atom stereocenters. The Hall–Kier alpha value is -1.14. The molecule has 0 aromatic carbocycles. The summed E-state index contributed by atoms with van der Waals surface area (Å²) in [5.41, 5.74) is 0. The molecule has 0 aliphatic carbocycles. The summed E-state index contributed by atoms with van der Waals surface area (Å²) in [7, 11) is 0. The molecule has 0 bridgehead atoms. The van der Waals surface area contributed by atoms with Crippen LogP contribution in [0.4, 0.5) is 0 Å². The SMILES string of the molecule is CC(=O)NCCNCCNCCNC=O. The highest BCUT2D eigenvalue weighted by Gasteiger charge is 1.90. The predicted molar refractivity (Wildman–Crippen MR) is 58.5 cm³/mol. The van der Waals surface area contributed by atoms with Gasteiger partial charge in [0.25, 0.3) is 0 Å². The van der Waals surface area contributed by atoms with Crippen LogP contribution in [0.3, 0.4) is 0 Å². The summed E-state index contributed by atoms with van der Waals surface area (Å²) in [5, 5.41) is 11.6. The van der Waals surface area contributed by atoms with Gasteiger partial charge in [-0.25, -0.2) is 0 Å². The smallest absolute Gasteiger partial charge is 0.216 e. The van der Waals surface area contributed by atoms with Crippen molar-refractivity contribution in [3.8, 4) is 0 Å². The number of rotatable bonds is 10. The first-order valence-corrected chi connectivity index (χ1v) is 5.10. The minimum atomic E-state index is -0.00476. The number of nitrogens with one attached hydrogen (secondary N) is 4. The van der Waals surface area contributed by atoms with Crippen LogP contribution in [0.1, 0.15) is 6.92 Å². The van der Waals surface area contributed by atoms with E-state index < -0.39 is 0 Å². The van der Waals surface area contributed by atoms with Gasteiger partial charge in [0.15, 0.2) is 0 Å². The molecule has 2 amide bonds. The summed E-state index contributed by atoms with van der Waals surface area (Å²) < 4.78 is 0. The van der Waals surface area contributed by atoms with Crippen molar-refractivity contribution in [1.82, 2.24) is 21.3 Å². The minimum absolute atomic E-state index is 0.00476. The standard InChI is InChI=1S/C9H20N4O2/c1-9(15)13-7-6-11-3-2-10-4-5-12-8-14/h8,10-11H,2-7H2,1H3,(H,12,14)(H,13,15). The number of hydrogen-bond donors (Lipinski definition) is 4. The van der Waals surface area contributed by atoms with E-state index >= 15 is 0 Å². The molecule has 0 unspecified atom stereocenters. The minimum Gasteiger partial charge on any atom is -0.357 e. The fourth-order valence-electron chi connectivity index (χ4n) is 0.973. The highest BCUT2D eigenvalue weighted by molar-refractivity contribution is 5.72. The Balaban J connectivity index is 2.92. The van der Waals surface area contributed by atoms with E-state index in [4.69, 9.17) is 0 Å². The van der Waals surface area contributed by atoms with Crippen LogP contribution in [0, 0.1) is 0 Å². The van der Waals surface area contributed by atoms with Crippen LogP contribution in [0.2, 0.25) is 0 Å². The third kappa shape index (κ3) is 12.9. The molecule has 6 heteroatoms. The third-order valence-electron chi connectivity index (χ3n) is 1.68. The highest BCUT2D eigenvalue weighted by atomic mass is 16.1. The van der Waals surface area contributed by atoms with Crippen LogP contribution in [0.5, 0.6) is 0 Å². The normalized spacial score (nSPS) is 9.67.